The summed E-state index contributed by atoms with van der Waals surface area (Å²) >= 11 is 0. The van der Waals surface area contributed by atoms with Crippen molar-refractivity contribution in [1.29, 1.82) is 0 Å². The molecule has 0 spiro atoms. The van der Waals surface area contributed by atoms with E-state index in [0.29, 0.717) is 18.6 Å². The summed E-state index contributed by atoms with van der Waals surface area (Å²) in [5, 5.41) is 10.4. The van der Waals surface area contributed by atoms with E-state index in [1.807, 2.05) is 0 Å². The van der Waals surface area contributed by atoms with E-state index in [0.717, 1.165) is 58.3 Å². The SMILES string of the molecule is CC1CN(CCC2CCCC2(O)CN)CCCO1. The average molecular weight is 256 g/mol. The van der Waals surface area contributed by atoms with Crippen LogP contribution in [0.1, 0.15) is 39.0 Å². The molecule has 3 unspecified atom stereocenters. The maximum absolute atomic E-state index is 10.4. The quantitative estimate of drug-likeness (QED) is 0.787. The van der Waals surface area contributed by atoms with E-state index in [4.69, 9.17) is 10.5 Å². The second kappa shape index (κ2) is 6.33. The van der Waals surface area contributed by atoms with Crippen LogP contribution in [0.3, 0.4) is 0 Å². The van der Waals surface area contributed by atoms with Crippen LogP contribution in [0, 0.1) is 5.92 Å². The maximum Gasteiger partial charge on any atom is 0.0797 e. The van der Waals surface area contributed by atoms with E-state index >= 15 is 0 Å². The first-order chi connectivity index (χ1) is 8.64. The van der Waals surface area contributed by atoms with Gasteiger partial charge in [-0.1, -0.05) is 6.42 Å². The molecule has 4 heteroatoms. The highest BCUT2D eigenvalue weighted by Gasteiger charge is 2.39. The molecule has 106 valence electrons. The molecule has 4 nitrogen and oxygen atoms in total. The zero-order valence-electron chi connectivity index (χ0n) is 11.6. The van der Waals surface area contributed by atoms with Gasteiger partial charge in [0, 0.05) is 26.2 Å². The molecule has 0 amide bonds. The second-order valence-corrected chi connectivity index (χ2v) is 6.02. The van der Waals surface area contributed by atoms with Crippen LogP contribution in [0.4, 0.5) is 0 Å². The Balaban J connectivity index is 1.79. The van der Waals surface area contributed by atoms with Crippen molar-refractivity contribution in [3.63, 3.8) is 0 Å². The van der Waals surface area contributed by atoms with Crippen molar-refractivity contribution in [2.24, 2.45) is 11.7 Å². The van der Waals surface area contributed by atoms with Crippen LogP contribution < -0.4 is 5.73 Å². The Kier molecular flexibility index (Phi) is 5.01. The molecule has 2 aliphatic rings. The lowest BCUT2D eigenvalue weighted by Gasteiger charge is -2.31. The Bertz CT molecular complexity index is 262. The van der Waals surface area contributed by atoms with Gasteiger partial charge in [-0.05, 0) is 45.1 Å². The summed E-state index contributed by atoms with van der Waals surface area (Å²) in [6, 6.07) is 0. The number of ether oxygens (including phenoxy) is 1. The fourth-order valence-corrected chi connectivity index (χ4v) is 3.43. The molecule has 2 rings (SSSR count). The molecular weight excluding hydrogens is 228 g/mol. The maximum atomic E-state index is 10.4. The Morgan fingerprint density at radius 1 is 1.44 bits per heavy atom. The predicted octanol–water partition coefficient (Wildman–Crippen LogP) is 0.977. The first-order valence-electron chi connectivity index (χ1n) is 7.40. The van der Waals surface area contributed by atoms with Crippen LogP contribution in [0.15, 0.2) is 0 Å². The molecule has 0 aromatic rings. The van der Waals surface area contributed by atoms with Crippen LogP contribution in [0.2, 0.25) is 0 Å². The van der Waals surface area contributed by atoms with Gasteiger partial charge in [-0.2, -0.15) is 0 Å². The molecule has 1 aliphatic heterocycles. The number of nitrogens with two attached hydrogens (primary N) is 1. The van der Waals surface area contributed by atoms with Gasteiger partial charge >= 0.3 is 0 Å². The number of hydrogen-bond acceptors (Lipinski definition) is 4. The molecule has 1 saturated heterocycles. The molecule has 3 N–H and O–H groups in total. The van der Waals surface area contributed by atoms with Crippen LogP contribution >= 0.6 is 0 Å². The molecule has 0 aromatic carbocycles. The van der Waals surface area contributed by atoms with Gasteiger partial charge in [0.05, 0.1) is 11.7 Å². The second-order valence-electron chi connectivity index (χ2n) is 6.02. The number of nitrogens with zero attached hydrogens (tertiary/aromatic N) is 1. The Morgan fingerprint density at radius 2 is 2.28 bits per heavy atom. The van der Waals surface area contributed by atoms with Gasteiger partial charge in [0.15, 0.2) is 0 Å². The summed E-state index contributed by atoms with van der Waals surface area (Å²) < 4.78 is 5.66. The fourth-order valence-electron chi connectivity index (χ4n) is 3.43. The standard InChI is InChI=1S/C14H28N2O2/c1-12-10-16(7-3-9-18-12)8-5-13-4-2-6-14(13,17)11-15/h12-13,17H,2-11,15H2,1H3. The minimum Gasteiger partial charge on any atom is -0.388 e. The average Bonchev–Trinajstić information content (AvgIpc) is 2.60. The highest BCUT2D eigenvalue weighted by molar-refractivity contribution is 4.93. The molecule has 1 aliphatic carbocycles. The normalized spacial score (nSPS) is 38.8. The molecule has 2 fully saturated rings. The lowest BCUT2D eigenvalue weighted by molar-refractivity contribution is 0.00352. The number of aliphatic hydroxyl groups is 1. The molecule has 0 radical (unpaired) electrons. The Morgan fingerprint density at radius 3 is 3.06 bits per heavy atom. The van der Waals surface area contributed by atoms with E-state index < -0.39 is 5.60 Å². The van der Waals surface area contributed by atoms with Gasteiger partial charge in [-0.15, -0.1) is 0 Å². The van der Waals surface area contributed by atoms with E-state index in [-0.39, 0.29) is 0 Å². The third-order valence-electron chi connectivity index (χ3n) is 4.61. The summed E-state index contributed by atoms with van der Waals surface area (Å²) in [4.78, 5) is 2.48. The van der Waals surface area contributed by atoms with E-state index in [1.54, 1.807) is 0 Å². The van der Waals surface area contributed by atoms with Crippen molar-refractivity contribution >= 4 is 0 Å². The van der Waals surface area contributed by atoms with Crippen LogP contribution in [0.25, 0.3) is 0 Å². The first kappa shape index (κ1) is 14.3. The van der Waals surface area contributed by atoms with Crippen molar-refractivity contribution in [1.82, 2.24) is 4.90 Å². The molecular formula is C14H28N2O2. The predicted molar refractivity (Wildman–Crippen MR) is 72.4 cm³/mol. The van der Waals surface area contributed by atoms with Crippen molar-refractivity contribution in [3.8, 4) is 0 Å². The van der Waals surface area contributed by atoms with Crippen LogP contribution in [-0.2, 0) is 4.74 Å². The highest BCUT2D eigenvalue weighted by Crippen LogP contribution is 2.37. The molecule has 1 saturated carbocycles. The molecule has 1 heterocycles. The highest BCUT2D eigenvalue weighted by atomic mass is 16.5. The van der Waals surface area contributed by atoms with Crippen LogP contribution in [-0.4, -0.2) is 54.5 Å². The summed E-state index contributed by atoms with van der Waals surface area (Å²) in [6.07, 6.45) is 5.67. The number of hydrogen-bond donors (Lipinski definition) is 2. The third kappa shape index (κ3) is 3.44. The van der Waals surface area contributed by atoms with E-state index in [2.05, 4.69) is 11.8 Å². The smallest absolute Gasteiger partial charge is 0.0797 e. The van der Waals surface area contributed by atoms with Gasteiger partial charge < -0.3 is 20.5 Å². The summed E-state index contributed by atoms with van der Waals surface area (Å²) in [5.74, 6) is 0.391. The Labute approximate surface area is 110 Å². The van der Waals surface area contributed by atoms with Gasteiger partial charge in [0.2, 0.25) is 0 Å². The summed E-state index contributed by atoms with van der Waals surface area (Å²) in [7, 11) is 0. The summed E-state index contributed by atoms with van der Waals surface area (Å²) in [5.41, 5.74) is 5.14. The first-order valence-corrected chi connectivity index (χ1v) is 7.40. The van der Waals surface area contributed by atoms with Gasteiger partial charge in [0.25, 0.3) is 0 Å². The van der Waals surface area contributed by atoms with Crippen molar-refractivity contribution in [2.45, 2.75) is 50.7 Å². The number of rotatable bonds is 4. The molecule has 3 atom stereocenters. The Hall–Kier alpha value is -0.160. The van der Waals surface area contributed by atoms with Gasteiger partial charge in [-0.25, -0.2) is 0 Å². The fraction of sp³-hybridized carbons (Fsp3) is 1.00. The van der Waals surface area contributed by atoms with Crippen molar-refractivity contribution in [2.75, 3.05) is 32.8 Å². The largest absolute Gasteiger partial charge is 0.388 e. The summed E-state index contributed by atoms with van der Waals surface area (Å²) in [6.45, 7) is 6.65. The van der Waals surface area contributed by atoms with Crippen molar-refractivity contribution < 1.29 is 9.84 Å². The van der Waals surface area contributed by atoms with Crippen molar-refractivity contribution in [3.05, 3.63) is 0 Å². The minimum absolute atomic E-state index is 0.337. The molecule has 18 heavy (non-hydrogen) atoms. The topological polar surface area (TPSA) is 58.7 Å². The lowest BCUT2D eigenvalue weighted by Crippen LogP contribution is -2.43. The zero-order chi connectivity index (χ0) is 13.0. The molecule has 0 aromatic heterocycles. The van der Waals surface area contributed by atoms with E-state index in [9.17, 15) is 5.11 Å². The molecule has 0 bridgehead atoms. The minimum atomic E-state index is -0.589. The van der Waals surface area contributed by atoms with Gasteiger partial charge in [-0.3, -0.25) is 0 Å². The van der Waals surface area contributed by atoms with Gasteiger partial charge in [0.1, 0.15) is 0 Å². The lowest BCUT2D eigenvalue weighted by atomic mass is 9.88. The monoisotopic (exact) mass is 256 g/mol. The zero-order valence-corrected chi connectivity index (χ0v) is 11.6. The third-order valence-corrected chi connectivity index (χ3v) is 4.61. The van der Waals surface area contributed by atoms with Crippen LogP contribution in [0.5, 0.6) is 0 Å². The van der Waals surface area contributed by atoms with E-state index in [1.165, 1.54) is 0 Å².